The van der Waals surface area contributed by atoms with Crippen molar-refractivity contribution < 1.29 is 9.59 Å². The zero-order valence-electron chi connectivity index (χ0n) is 20.8. The van der Waals surface area contributed by atoms with E-state index in [-0.39, 0.29) is 23.8 Å². The molecule has 6 heteroatoms. The smallest absolute Gasteiger partial charge is 0.223 e. The number of thiazole rings is 1. The first-order chi connectivity index (χ1) is 15.9. The second-order valence-corrected chi connectivity index (χ2v) is 10.0. The molecule has 0 aliphatic rings. The van der Waals surface area contributed by atoms with Crippen LogP contribution in [-0.2, 0) is 16.0 Å². The maximum atomic E-state index is 13.0. The molecule has 1 aromatic heterocycles. The molecular weight excluding hydrogens is 430 g/mol. The first-order valence-electron chi connectivity index (χ1n) is 12.5. The predicted molar refractivity (Wildman–Crippen MR) is 137 cm³/mol. The Labute approximate surface area is 204 Å². The van der Waals surface area contributed by atoms with Crippen molar-refractivity contribution in [2.24, 2.45) is 11.8 Å². The Bertz CT molecular complexity index is 810. The summed E-state index contributed by atoms with van der Waals surface area (Å²) in [6.07, 6.45) is 7.89. The van der Waals surface area contributed by atoms with Crippen LogP contribution in [0.4, 0.5) is 0 Å². The molecule has 1 N–H and O–H groups in total. The number of carbonyl (C=O) groups is 2. The monoisotopic (exact) mass is 471 g/mol. The van der Waals surface area contributed by atoms with Gasteiger partial charge in [-0.15, -0.1) is 11.3 Å². The normalized spacial score (nSPS) is 13.8. The molecule has 0 spiro atoms. The van der Waals surface area contributed by atoms with Gasteiger partial charge in [-0.2, -0.15) is 0 Å². The molecule has 0 fully saturated rings. The van der Waals surface area contributed by atoms with Gasteiger partial charge >= 0.3 is 0 Å². The average Bonchev–Trinajstić information content (AvgIpc) is 3.36. The van der Waals surface area contributed by atoms with Gasteiger partial charge in [0.05, 0.1) is 6.04 Å². The molecule has 0 radical (unpaired) electrons. The molecule has 2 rings (SSSR count). The van der Waals surface area contributed by atoms with Gasteiger partial charge in [0.1, 0.15) is 5.01 Å². The summed E-state index contributed by atoms with van der Waals surface area (Å²) in [7, 11) is 0. The quantitative estimate of drug-likeness (QED) is 0.345. The van der Waals surface area contributed by atoms with Crippen molar-refractivity contribution >= 4 is 23.2 Å². The van der Waals surface area contributed by atoms with E-state index in [4.69, 9.17) is 0 Å². The van der Waals surface area contributed by atoms with Crippen molar-refractivity contribution in [3.8, 4) is 0 Å². The van der Waals surface area contributed by atoms with Crippen LogP contribution in [0.2, 0.25) is 0 Å². The van der Waals surface area contributed by atoms with E-state index in [1.54, 1.807) is 17.5 Å². The van der Waals surface area contributed by atoms with E-state index in [9.17, 15) is 9.59 Å². The fraction of sp³-hybridized carbons (Fsp3) is 0.593. The van der Waals surface area contributed by atoms with Gasteiger partial charge in [0.15, 0.2) is 0 Å². The zero-order valence-corrected chi connectivity index (χ0v) is 21.6. The minimum Gasteiger partial charge on any atom is -0.346 e. The average molecular weight is 472 g/mol. The molecule has 0 aliphatic carbocycles. The lowest BCUT2D eigenvalue weighted by Crippen LogP contribution is -2.37. The largest absolute Gasteiger partial charge is 0.346 e. The Morgan fingerprint density at radius 2 is 1.85 bits per heavy atom. The van der Waals surface area contributed by atoms with Gasteiger partial charge in [-0.05, 0) is 37.2 Å². The van der Waals surface area contributed by atoms with Crippen LogP contribution in [0.15, 0.2) is 41.9 Å². The SMILES string of the molecule is CCCN(CCC(C)C(=O)NC(Cc1ccccc1)c1nccs1)C(=O)CCCC(C)CC. The maximum Gasteiger partial charge on any atom is 0.223 e. The van der Waals surface area contributed by atoms with E-state index in [0.29, 0.717) is 31.7 Å². The third-order valence-corrected chi connectivity index (χ3v) is 7.15. The van der Waals surface area contributed by atoms with Crippen LogP contribution in [0.5, 0.6) is 0 Å². The van der Waals surface area contributed by atoms with E-state index < -0.39 is 0 Å². The fourth-order valence-electron chi connectivity index (χ4n) is 3.85. The van der Waals surface area contributed by atoms with Crippen LogP contribution in [0.3, 0.4) is 0 Å². The third-order valence-electron chi connectivity index (χ3n) is 6.26. The lowest BCUT2D eigenvalue weighted by molar-refractivity contribution is -0.132. The van der Waals surface area contributed by atoms with E-state index in [1.165, 1.54) is 5.56 Å². The molecule has 2 aromatic rings. The fourth-order valence-corrected chi connectivity index (χ4v) is 4.54. The van der Waals surface area contributed by atoms with Gasteiger partial charge in [0.2, 0.25) is 11.8 Å². The van der Waals surface area contributed by atoms with Crippen molar-refractivity contribution in [3.63, 3.8) is 0 Å². The molecular formula is C27H41N3O2S. The van der Waals surface area contributed by atoms with Crippen molar-refractivity contribution in [3.05, 3.63) is 52.5 Å². The summed E-state index contributed by atoms with van der Waals surface area (Å²) < 4.78 is 0. The molecule has 3 atom stereocenters. The highest BCUT2D eigenvalue weighted by Crippen LogP contribution is 2.22. The summed E-state index contributed by atoms with van der Waals surface area (Å²) in [5.41, 5.74) is 1.17. The highest BCUT2D eigenvalue weighted by molar-refractivity contribution is 7.09. The molecule has 5 nitrogen and oxygen atoms in total. The Morgan fingerprint density at radius 1 is 1.09 bits per heavy atom. The number of nitrogens with zero attached hydrogens (tertiary/aromatic N) is 2. The molecule has 1 aromatic carbocycles. The summed E-state index contributed by atoms with van der Waals surface area (Å²) in [6.45, 7) is 9.87. The van der Waals surface area contributed by atoms with Gasteiger partial charge in [0, 0.05) is 37.0 Å². The lowest BCUT2D eigenvalue weighted by Gasteiger charge is -2.25. The van der Waals surface area contributed by atoms with Crippen molar-refractivity contribution in [1.29, 1.82) is 0 Å². The number of carbonyl (C=O) groups excluding carboxylic acids is 2. The topological polar surface area (TPSA) is 62.3 Å². The molecule has 0 bridgehead atoms. The van der Waals surface area contributed by atoms with Crippen LogP contribution >= 0.6 is 11.3 Å². The second kappa shape index (κ2) is 14.8. The Kier molecular flexibility index (Phi) is 12.2. The molecule has 182 valence electrons. The number of aromatic nitrogens is 1. The highest BCUT2D eigenvalue weighted by Gasteiger charge is 2.22. The lowest BCUT2D eigenvalue weighted by atomic mass is 10.0. The van der Waals surface area contributed by atoms with E-state index in [2.05, 4.69) is 43.2 Å². The number of rotatable bonds is 15. The summed E-state index contributed by atoms with van der Waals surface area (Å²) in [5, 5.41) is 6.07. The molecule has 0 saturated carbocycles. The third kappa shape index (κ3) is 9.66. The second-order valence-electron chi connectivity index (χ2n) is 9.10. The van der Waals surface area contributed by atoms with Crippen LogP contribution in [0, 0.1) is 11.8 Å². The van der Waals surface area contributed by atoms with Gasteiger partial charge in [-0.3, -0.25) is 9.59 Å². The molecule has 1 heterocycles. The van der Waals surface area contributed by atoms with Crippen LogP contribution < -0.4 is 5.32 Å². The molecule has 0 aliphatic heterocycles. The minimum atomic E-state index is -0.171. The van der Waals surface area contributed by atoms with E-state index in [0.717, 1.165) is 37.2 Å². The van der Waals surface area contributed by atoms with E-state index >= 15 is 0 Å². The summed E-state index contributed by atoms with van der Waals surface area (Å²) in [4.78, 5) is 32.2. The predicted octanol–water partition coefficient (Wildman–Crippen LogP) is 6.02. The first kappa shape index (κ1) is 27.0. The van der Waals surface area contributed by atoms with Crippen molar-refractivity contribution in [1.82, 2.24) is 15.2 Å². The number of hydrogen-bond acceptors (Lipinski definition) is 4. The van der Waals surface area contributed by atoms with Crippen molar-refractivity contribution in [2.45, 2.75) is 78.7 Å². The number of nitrogens with one attached hydrogen (secondary N) is 1. The Hall–Kier alpha value is -2.21. The highest BCUT2D eigenvalue weighted by atomic mass is 32.1. The van der Waals surface area contributed by atoms with Gasteiger partial charge < -0.3 is 10.2 Å². The first-order valence-corrected chi connectivity index (χ1v) is 13.3. The van der Waals surface area contributed by atoms with Crippen LogP contribution in [0.25, 0.3) is 0 Å². The van der Waals surface area contributed by atoms with Crippen molar-refractivity contribution in [2.75, 3.05) is 13.1 Å². The van der Waals surface area contributed by atoms with Crippen LogP contribution in [-0.4, -0.2) is 34.8 Å². The standard InChI is InChI=1S/C27H41N3O2S/c1-5-17-30(25(31)14-10-11-21(3)6-2)18-15-22(4)26(32)29-24(27-28-16-19-33-27)20-23-12-8-7-9-13-23/h7-9,12-13,16,19,21-22,24H,5-6,10-11,14-15,17-18,20H2,1-4H3,(H,29,32). The Balaban J connectivity index is 1.90. The molecule has 3 unspecified atom stereocenters. The Morgan fingerprint density at radius 3 is 2.48 bits per heavy atom. The minimum absolute atomic E-state index is 0.0202. The van der Waals surface area contributed by atoms with Gasteiger partial charge in [-0.25, -0.2) is 4.98 Å². The van der Waals surface area contributed by atoms with Gasteiger partial charge in [-0.1, -0.05) is 70.9 Å². The molecule has 2 amide bonds. The number of hydrogen-bond donors (Lipinski definition) is 1. The molecule has 33 heavy (non-hydrogen) atoms. The number of amides is 2. The summed E-state index contributed by atoms with van der Waals surface area (Å²) in [5.74, 6) is 0.739. The maximum absolute atomic E-state index is 13.0. The van der Waals surface area contributed by atoms with Gasteiger partial charge in [0.25, 0.3) is 0 Å². The molecule has 0 saturated heterocycles. The summed E-state index contributed by atoms with van der Waals surface area (Å²) >= 11 is 1.57. The zero-order chi connectivity index (χ0) is 24.1. The van der Waals surface area contributed by atoms with E-state index in [1.807, 2.05) is 35.4 Å². The van der Waals surface area contributed by atoms with Crippen LogP contribution in [0.1, 0.15) is 82.8 Å². The number of benzene rings is 1. The summed E-state index contributed by atoms with van der Waals surface area (Å²) in [6, 6.07) is 10.0.